The SMILES string of the molecule is O=[N+]([O-])c1ccc(CNc2c(F)cc(F)cc2[N+](=O)[O-])s1. The number of anilines is 1. The molecule has 0 amide bonds. The average Bonchev–Trinajstić information content (AvgIpc) is 2.85. The van der Waals surface area contributed by atoms with Crippen molar-refractivity contribution < 1.29 is 18.6 Å². The molecule has 0 saturated heterocycles. The molecule has 0 unspecified atom stereocenters. The Morgan fingerprint density at radius 1 is 1.14 bits per heavy atom. The molecule has 21 heavy (non-hydrogen) atoms. The first-order valence-corrected chi connectivity index (χ1v) is 6.30. The predicted molar refractivity (Wildman–Crippen MR) is 71.3 cm³/mol. The summed E-state index contributed by atoms with van der Waals surface area (Å²) in [6.07, 6.45) is 0. The van der Waals surface area contributed by atoms with Crippen molar-refractivity contribution in [2.45, 2.75) is 6.54 Å². The number of nitrogens with one attached hydrogen (secondary N) is 1. The Morgan fingerprint density at radius 2 is 1.86 bits per heavy atom. The van der Waals surface area contributed by atoms with Gasteiger partial charge in [-0.15, -0.1) is 0 Å². The molecule has 1 aromatic heterocycles. The molecule has 0 fully saturated rings. The van der Waals surface area contributed by atoms with E-state index in [0.29, 0.717) is 17.0 Å². The molecule has 0 bridgehead atoms. The Hall–Kier alpha value is -2.62. The first kappa shape index (κ1) is 14.8. The monoisotopic (exact) mass is 315 g/mol. The van der Waals surface area contributed by atoms with Crippen molar-refractivity contribution in [3.05, 3.63) is 61.0 Å². The van der Waals surface area contributed by atoms with Crippen LogP contribution in [0.1, 0.15) is 4.88 Å². The summed E-state index contributed by atoms with van der Waals surface area (Å²) in [4.78, 5) is 20.3. The van der Waals surface area contributed by atoms with Gasteiger partial charge in [-0.2, -0.15) is 0 Å². The highest BCUT2D eigenvalue weighted by Gasteiger charge is 2.20. The first-order chi connectivity index (χ1) is 9.88. The minimum Gasteiger partial charge on any atom is -0.372 e. The van der Waals surface area contributed by atoms with E-state index in [1.807, 2.05) is 0 Å². The van der Waals surface area contributed by atoms with Gasteiger partial charge in [0, 0.05) is 23.6 Å². The number of nitro groups is 2. The van der Waals surface area contributed by atoms with Crippen molar-refractivity contribution in [2.24, 2.45) is 0 Å². The van der Waals surface area contributed by atoms with Gasteiger partial charge in [0.25, 0.3) is 5.69 Å². The van der Waals surface area contributed by atoms with Crippen LogP contribution in [0.15, 0.2) is 24.3 Å². The third-order valence-electron chi connectivity index (χ3n) is 2.50. The van der Waals surface area contributed by atoms with Crippen molar-refractivity contribution >= 4 is 27.7 Å². The molecule has 0 spiro atoms. The van der Waals surface area contributed by atoms with E-state index in [-0.39, 0.29) is 11.5 Å². The number of benzene rings is 1. The minimum absolute atomic E-state index is 0.0537. The summed E-state index contributed by atoms with van der Waals surface area (Å²) in [7, 11) is 0. The molecule has 10 heteroatoms. The highest BCUT2D eigenvalue weighted by Crippen LogP contribution is 2.30. The van der Waals surface area contributed by atoms with E-state index in [2.05, 4.69) is 5.32 Å². The Kier molecular flexibility index (Phi) is 4.08. The standard InChI is InChI=1S/C11H7F2N3O4S/c12-6-3-8(13)11(9(4-6)15(17)18)14-5-7-1-2-10(21-7)16(19)20/h1-4,14H,5H2. The quantitative estimate of drug-likeness (QED) is 0.673. The van der Waals surface area contributed by atoms with E-state index in [4.69, 9.17) is 0 Å². The molecule has 1 heterocycles. The van der Waals surface area contributed by atoms with Crippen LogP contribution in [-0.2, 0) is 6.54 Å². The zero-order valence-corrected chi connectivity index (χ0v) is 11.0. The molecule has 0 atom stereocenters. The number of hydrogen-bond acceptors (Lipinski definition) is 6. The molecule has 0 aliphatic carbocycles. The molecule has 0 saturated carbocycles. The lowest BCUT2D eigenvalue weighted by Gasteiger charge is -2.07. The zero-order chi connectivity index (χ0) is 15.6. The van der Waals surface area contributed by atoms with Crippen molar-refractivity contribution in [1.29, 1.82) is 0 Å². The maximum atomic E-state index is 13.6. The summed E-state index contributed by atoms with van der Waals surface area (Å²) in [6, 6.07) is 3.84. The van der Waals surface area contributed by atoms with Gasteiger partial charge in [-0.25, -0.2) is 8.78 Å². The van der Waals surface area contributed by atoms with Crippen LogP contribution in [0.2, 0.25) is 0 Å². The molecule has 1 aromatic carbocycles. The van der Waals surface area contributed by atoms with Gasteiger partial charge in [-0.05, 0) is 6.07 Å². The van der Waals surface area contributed by atoms with E-state index in [0.717, 1.165) is 11.3 Å². The molecule has 0 aliphatic heterocycles. The maximum absolute atomic E-state index is 13.6. The number of nitro benzene ring substituents is 1. The van der Waals surface area contributed by atoms with E-state index in [1.54, 1.807) is 0 Å². The molecule has 1 N–H and O–H groups in total. The number of halogens is 2. The van der Waals surface area contributed by atoms with Crippen LogP contribution >= 0.6 is 11.3 Å². The molecule has 7 nitrogen and oxygen atoms in total. The van der Waals surface area contributed by atoms with Crippen LogP contribution in [0.5, 0.6) is 0 Å². The van der Waals surface area contributed by atoms with Gasteiger partial charge in [-0.1, -0.05) is 11.3 Å². The van der Waals surface area contributed by atoms with Gasteiger partial charge in [0.15, 0.2) is 5.82 Å². The maximum Gasteiger partial charge on any atom is 0.324 e. The van der Waals surface area contributed by atoms with Crippen LogP contribution in [-0.4, -0.2) is 9.85 Å². The van der Waals surface area contributed by atoms with Gasteiger partial charge in [0.2, 0.25) is 0 Å². The summed E-state index contributed by atoms with van der Waals surface area (Å²) in [6.45, 7) is -0.0537. The second-order valence-electron chi connectivity index (χ2n) is 3.89. The summed E-state index contributed by atoms with van der Waals surface area (Å²) < 4.78 is 26.6. The van der Waals surface area contributed by atoms with E-state index in [9.17, 15) is 29.0 Å². The molecule has 110 valence electrons. The molecule has 2 aromatic rings. The van der Waals surface area contributed by atoms with Gasteiger partial charge >= 0.3 is 5.00 Å². The second kappa shape index (κ2) is 5.79. The van der Waals surface area contributed by atoms with E-state index >= 15 is 0 Å². The molecular formula is C11H7F2N3O4S. The molecular weight excluding hydrogens is 308 g/mol. The number of nitrogens with zero attached hydrogens (tertiary/aromatic N) is 2. The van der Waals surface area contributed by atoms with Gasteiger partial charge in [0.05, 0.1) is 15.9 Å². The normalized spacial score (nSPS) is 10.4. The van der Waals surface area contributed by atoms with E-state index < -0.39 is 32.9 Å². The number of thiophene rings is 1. The highest BCUT2D eigenvalue weighted by atomic mass is 32.1. The average molecular weight is 315 g/mol. The third kappa shape index (κ3) is 3.28. The topological polar surface area (TPSA) is 98.3 Å². The summed E-state index contributed by atoms with van der Waals surface area (Å²) in [5.41, 5.74) is -1.20. The van der Waals surface area contributed by atoms with Gasteiger partial charge in [-0.3, -0.25) is 20.2 Å². The largest absolute Gasteiger partial charge is 0.372 e. The summed E-state index contributed by atoms with van der Waals surface area (Å²) in [5.74, 6) is -2.16. The number of hydrogen-bond donors (Lipinski definition) is 1. The van der Waals surface area contributed by atoms with Crippen LogP contribution in [0.4, 0.5) is 25.2 Å². The summed E-state index contributed by atoms with van der Waals surface area (Å²) in [5, 5.41) is 23.7. The van der Waals surface area contributed by atoms with Crippen molar-refractivity contribution in [2.75, 3.05) is 5.32 Å². The van der Waals surface area contributed by atoms with Crippen LogP contribution in [0, 0.1) is 31.9 Å². The second-order valence-corrected chi connectivity index (χ2v) is 5.04. The smallest absolute Gasteiger partial charge is 0.324 e. The molecule has 2 rings (SSSR count). The van der Waals surface area contributed by atoms with Crippen LogP contribution < -0.4 is 5.32 Å². The van der Waals surface area contributed by atoms with E-state index in [1.165, 1.54) is 12.1 Å². The minimum atomic E-state index is -1.10. The Balaban J connectivity index is 2.23. The molecule has 0 radical (unpaired) electrons. The lowest BCUT2D eigenvalue weighted by Crippen LogP contribution is -2.04. The fraction of sp³-hybridized carbons (Fsp3) is 0.0909. The third-order valence-corrected chi connectivity index (χ3v) is 3.53. The lowest BCUT2D eigenvalue weighted by molar-refractivity contribution is -0.384. The van der Waals surface area contributed by atoms with Gasteiger partial charge < -0.3 is 5.32 Å². The van der Waals surface area contributed by atoms with Crippen molar-refractivity contribution in [3.8, 4) is 0 Å². The summed E-state index contributed by atoms with van der Waals surface area (Å²) >= 11 is 0.856. The van der Waals surface area contributed by atoms with Crippen molar-refractivity contribution in [1.82, 2.24) is 0 Å². The Bertz CT molecular complexity index is 719. The van der Waals surface area contributed by atoms with Crippen LogP contribution in [0.3, 0.4) is 0 Å². The first-order valence-electron chi connectivity index (χ1n) is 5.49. The Morgan fingerprint density at radius 3 is 2.43 bits per heavy atom. The molecule has 0 aliphatic rings. The highest BCUT2D eigenvalue weighted by molar-refractivity contribution is 7.15. The zero-order valence-electron chi connectivity index (χ0n) is 10.2. The number of rotatable bonds is 5. The fourth-order valence-electron chi connectivity index (χ4n) is 1.61. The van der Waals surface area contributed by atoms with Crippen molar-refractivity contribution in [3.63, 3.8) is 0 Å². The Labute approximate surface area is 120 Å². The van der Waals surface area contributed by atoms with Gasteiger partial charge in [0.1, 0.15) is 11.5 Å². The predicted octanol–water partition coefficient (Wildman–Crippen LogP) is 3.45. The fourth-order valence-corrected chi connectivity index (χ4v) is 2.37. The lowest BCUT2D eigenvalue weighted by atomic mass is 10.2. The van der Waals surface area contributed by atoms with Crippen LogP contribution in [0.25, 0.3) is 0 Å².